The van der Waals surface area contributed by atoms with Crippen LogP contribution in [0.5, 0.6) is 0 Å². The number of carbonyl (C=O) groups is 5. The molecule has 0 aliphatic carbocycles. The van der Waals surface area contributed by atoms with Crippen LogP contribution < -0.4 is 5.32 Å². The maximum absolute atomic E-state index is 12.2. The predicted octanol–water partition coefficient (Wildman–Crippen LogP) is -2.13. The van der Waals surface area contributed by atoms with Crippen LogP contribution in [0, 0.1) is 0 Å². The SMILES string of the molecule is CC.COC(=O)CN1CCN(CC(=O)O)CCN(CC(=O)OC)CCN(CC(=O)NCC(=O)O)CC1. The lowest BCUT2D eigenvalue weighted by Gasteiger charge is -2.33. The van der Waals surface area contributed by atoms with Gasteiger partial charge < -0.3 is 25.0 Å². The van der Waals surface area contributed by atoms with Crippen LogP contribution in [0.2, 0.25) is 0 Å². The molecule has 0 unspecified atom stereocenters. The number of rotatable bonds is 10. The first kappa shape index (κ1) is 33.2. The summed E-state index contributed by atoms with van der Waals surface area (Å²) in [6.45, 7) is 6.32. The maximum Gasteiger partial charge on any atom is 0.322 e. The monoisotopic (exact) mass is 519 g/mol. The van der Waals surface area contributed by atoms with Crippen molar-refractivity contribution < 1.29 is 43.7 Å². The van der Waals surface area contributed by atoms with E-state index in [1.54, 1.807) is 4.90 Å². The highest BCUT2D eigenvalue weighted by Gasteiger charge is 2.21. The van der Waals surface area contributed by atoms with Crippen molar-refractivity contribution in [2.24, 2.45) is 0 Å². The third-order valence-corrected chi connectivity index (χ3v) is 5.25. The van der Waals surface area contributed by atoms with Crippen molar-refractivity contribution in [3.63, 3.8) is 0 Å². The lowest BCUT2D eigenvalue weighted by Crippen LogP contribution is -2.50. The third kappa shape index (κ3) is 16.0. The van der Waals surface area contributed by atoms with Gasteiger partial charge in [0.2, 0.25) is 5.91 Å². The van der Waals surface area contributed by atoms with Crippen LogP contribution in [0.3, 0.4) is 0 Å². The van der Waals surface area contributed by atoms with Gasteiger partial charge in [0.15, 0.2) is 0 Å². The van der Waals surface area contributed by atoms with Gasteiger partial charge in [-0.1, -0.05) is 13.8 Å². The van der Waals surface area contributed by atoms with Gasteiger partial charge in [0, 0.05) is 52.4 Å². The summed E-state index contributed by atoms with van der Waals surface area (Å²) >= 11 is 0. The van der Waals surface area contributed by atoms with Crippen molar-refractivity contribution in [2.45, 2.75) is 13.8 Å². The topological polar surface area (TPSA) is 169 Å². The number of carboxylic acids is 2. The number of nitrogens with zero attached hydrogens (tertiary/aromatic N) is 4. The molecule has 1 aliphatic heterocycles. The van der Waals surface area contributed by atoms with E-state index in [0.717, 1.165) is 0 Å². The van der Waals surface area contributed by atoms with Gasteiger partial charge in [0.1, 0.15) is 6.54 Å². The number of esters is 2. The van der Waals surface area contributed by atoms with E-state index < -0.39 is 36.3 Å². The minimum Gasteiger partial charge on any atom is -0.480 e. The summed E-state index contributed by atoms with van der Waals surface area (Å²) in [4.78, 5) is 65.1. The number of methoxy groups -OCH3 is 2. The number of hydrogen-bond acceptors (Lipinski definition) is 11. The average molecular weight is 520 g/mol. The van der Waals surface area contributed by atoms with E-state index >= 15 is 0 Å². The molecule has 0 aromatic carbocycles. The molecule has 14 nitrogen and oxygen atoms in total. The maximum atomic E-state index is 12.2. The predicted molar refractivity (Wildman–Crippen MR) is 129 cm³/mol. The zero-order valence-corrected chi connectivity index (χ0v) is 21.7. The molecule has 0 atom stereocenters. The fourth-order valence-electron chi connectivity index (χ4n) is 3.33. The van der Waals surface area contributed by atoms with Crippen molar-refractivity contribution in [2.75, 3.05) is 99.3 Å². The molecule has 0 aromatic rings. The van der Waals surface area contributed by atoms with Crippen LogP contribution >= 0.6 is 0 Å². The van der Waals surface area contributed by atoms with Crippen molar-refractivity contribution in [1.29, 1.82) is 0 Å². The molecule has 0 bridgehead atoms. The smallest absolute Gasteiger partial charge is 0.322 e. The molecule has 1 fully saturated rings. The number of amides is 1. The number of carboxylic acid groups (broad SMARTS) is 2. The summed E-state index contributed by atoms with van der Waals surface area (Å²) in [7, 11) is 2.56. The fraction of sp³-hybridized carbons (Fsp3) is 0.773. The van der Waals surface area contributed by atoms with Gasteiger partial charge in [-0.3, -0.25) is 43.6 Å². The number of carbonyl (C=O) groups excluding carboxylic acids is 3. The highest BCUT2D eigenvalue weighted by Crippen LogP contribution is 2.02. The Balaban J connectivity index is 0.00000596. The largest absolute Gasteiger partial charge is 0.480 e. The molecule has 0 saturated carbocycles. The molecule has 0 radical (unpaired) electrons. The van der Waals surface area contributed by atoms with Gasteiger partial charge in [0.25, 0.3) is 0 Å². The van der Waals surface area contributed by atoms with E-state index in [2.05, 4.69) is 5.32 Å². The van der Waals surface area contributed by atoms with E-state index in [1.807, 2.05) is 28.5 Å². The Morgan fingerprint density at radius 2 is 0.944 bits per heavy atom. The standard InChI is InChI=1S/C20H35N5O9.C2H6/c1-33-19(31)14-24-7-3-22(12-16(26)21-11-17(27)28)4-8-25(15-20(32)34-2)10-6-23(5-9-24)13-18(29)30;1-2/h3-15H2,1-2H3,(H,21,26)(H,27,28)(H,29,30);1-2H3. The lowest BCUT2D eigenvalue weighted by atomic mass is 10.3. The Labute approximate surface area is 212 Å². The molecular weight excluding hydrogens is 478 g/mol. The molecule has 0 aromatic heterocycles. The lowest BCUT2D eigenvalue weighted by molar-refractivity contribution is -0.143. The highest BCUT2D eigenvalue weighted by atomic mass is 16.5. The molecule has 208 valence electrons. The number of hydrogen-bond donors (Lipinski definition) is 3. The second-order valence-electron chi connectivity index (χ2n) is 7.82. The van der Waals surface area contributed by atoms with Crippen molar-refractivity contribution in [3.05, 3.63) is 0 Å². The summed E-state index contributed by atoms with van der Waals surface area (Å²) in [6.07, 6.45) is 0. The van der Waals surface area contributed by atoms with Gasteiger partial charge in [0.05, 0.1) is 40.4 Å². The molecule has 3 N–H and O–H groups in total. The summed E-state index contributed by atoms with van der Waals surface area (Å²) in [6, 6.07) is 0. The second kappa shape index (κ2) is 19.4. The van der Waals surface area contributed by atoms with Crippen molar-refractivity contribution in [3.8, 4) is 0 Å². The quantitative estimate of drug-likeness (QED) is 0.268. The van der Waals surface area contributed by atoms with Crippen LogP contribution in [-0.2, 0) is 33.4 Å². The Kier molecular flexibility index (Phi) is 17.9. The molecule has 1 rings (SSSR count). The Bertz CT molecular complexity index is 673. The van der Waals surface area contributed by atoms with E-state index in [9.17, 15) is 29.1 Å². The molecule has 1 amide bonds. The minimum absolute atomic E-state index is 0.00489. The van der Waals surface area contributed by atoms with Gasteiger partial charge in [-0.15, -0.1) is 0 Å². The fourth-order valence-corrected chi connectivity index (χ4v) is 3.33. The molecule has 1 aliphatic rings. The zero-order valence-electron chi connectivity index (χ0n) is 21.7. The molecule has 1 heterocycles. The van der Waals surface area contributed by atoms with Crippen LogP contribution in [0.25, 0.3) is 0 Å². The Morgan fingerprint density at radius 1 is 0.611 bits per heavy atom. The van der Waals surface area contributed by atoms with E-state index in [4.69, 9.17) is 14.6 Å². The average Bonchev–Trinajstić information content (AvgIpc) is 2.84. The molecule has 36 heavy (non-hydrogen) atoms. The minimum atomic E-state index is -1.15. The van der Waals surface area contributed by atoms with Gasteiger partial charge in [-0.25, -0.2) is 0 Å². The van der Waals surface area contributed by atoms with Crippen LogP contribution in [0.4, 0.5) is 0 Å². The van der Waals surface area contributed by atoms with E-state index in [1.165, 1.54) is 14.2 Å². The Morgan fingerprint density at radius 3 is 1.25 bits per heavy atom. The summed E-state index contributed by atoms with van der Waals surface area (Å²) in [5, 5.41) is 20.3. The first-order chi connectivity index (χ1) is 17.1. The summed E-state index contributed by atoms with van der Waals surface area (Å²) < 4.78 is 9.50. The second-order valence-corrected chi connectivity index (χ2v) is 7.82. The number of ether oxygens (including phenoxy) is 2. The van der Waals surface area contributed by atoms with Crippen LogP contribution in [0.1, 0.15) is 13.8 Å². The number of nitrogens with one attached hydrogen (secondary N) is 1. The first-order valence-corrected chi connectivity index (χ1v) is 11.9. The molecule has 0 spiro atoms. The van der Waals surface area contributed by atoms with Crippen molar-refractivity contribution >= 4 is 29.8 Å². The summed E-state index contributed by atoms with van der Waals surface area (Å²) in [5.74, 6) is -3.47. The van der Waals surface area contributed by atoms with E-state index in [0.29, 0.717) is 52.4 Å². The van der Waals surface area contributed by atoms with Gasteiger partial charge >= 0.3 is 23.9 Å². The number of aliphatic carboxylic acids is 2. The van der Waals surface area contributed by atoms with Gasteiger partial charge in [-0.05, 0) is 0 Å². The van der Waals surface area contributed by atoms with Crippen molar-refractivity contribution in [1.82, 2.24) is 24.9 Å². The molecule has 1 saturated heterocycles. The van der Waals surface area contributed by atoms with Crippen LogP contribution in [0.15, 0.2) is 0 Å². The highest BCUT2D eigenvalue weighted by molar-refractivity contribution is 5.82. The normalized spacial score (nSPS) is 16.9. The summed E-state index contributed by atoms with van der Waals surface area (Å²) in [5.41, 5.74) is 0. The van der Waals surface area contributed by atoms with Crippen LogP contribution in [-0.4, -0.2) is 159 Å². The molecular formula is C22H41N5O9. The molecule has 14 heteroatoms. The third-order valence-electron chi connectivity index (χ3n) is 5.25. The van der Waals surface area contributed by atoms with E-state index in [-0.39, 0.29) is 26.2 Å². The van der Waals surface area contributed by atoms with Gasteiger partial charge in [-0.2, -0.15) is 0 Å². The first-order valence-electron chi connectivity index (χ1n) is 11.9. The Hall–Kier alpha value is -2.81. The zero-order chi connectivity index (χ0) is 27.5.